The summed E-state index contributed by atoms with van der Waals surface area (Å²) in [5, 5.41) is 0. The topological polar surface area (TPSA) is 94.3 Å². The zero-order valence-corrected chi connectivity index (χ0v) is 12.5. The van der Waals surface area contributed by atoms with Gasteiger partial charge in [-0.2, -0.15) is 0 Å². The lowest BCUT2D eigenvalue weighted by Crippen LogP contribution is -2.32. The van der Waals surface area contributed by atoms with Crippen molar-refractivity contribution < 1.29 is 13.9 Å². The van der Waals surface area contributed by atoms with E-state index in [0.29, 0.717) is 17.5 Å². The van der Waals surface area contributed by atoms with Crippen molar-refractivity contribution in [2.24, 2.45) is 5.92 Å². The first-order chi connectivity index (χ1) is 11.0. The molecule has 2 aromatic rings. The van der Waals surface area contributed by atoms with Crippen LogP contribution in [0.1, 0.15) is 19.4 Å². The molecule has 0 saturated carbocycles. The van der Waals surface area contributed by atoms with Gasteiger partial charge in [-0.3, -0.25) is 19.1 Å². The Bertz CT molecular complexity index is 844. The lowest BCUT2D eigenvalue weighted by molar-refractivity contribution is -0.141. The lowest BCUT2D eigenvalue weighted by atomic mass is 10.1. The number of ether oxygens (including phenoxy) is 1. The number of furan rings is 1. The van der Waals surface area contributed by atoms with E-state index in [1.165, 1.54) is 30.2 Å². The van der Waals surface area contributed by atoms with E-state index in [2.05, 4.69) is 4.98 Å². The summed E-state index contributed by atoms with van der Waals surface area (Å²) >= 11 is 0. The monoisotopic (exact) mass is 316 g/mol. The average Bonchev–Trinajstić information content (AvgIpc) is 3.16. The summed E-state index contributed by atoms with van der Waals surface area (Å²) in [6.07, 6.45) is 8.89. The van der Waals surface area contributed by atoms with Gasteiger partial charge in [0.05, 0.1) is 30.7 Å². The fourth-order valence-electron chi connectivity index (χ4n) is 2.66. The van der Waals surface area contributed by atoms with Crippen LogP contribution in [0.25, 0.3) is 11.1 Å². The third-order valence-electron chi connectivity index (χ3n) is 3.81. The van der Waals surface area contributed by atoms with Crippen molar-refractivity contribution >= 4 is 5.97 Å². The van der Waals surface area contributed by atoms with Crippen molar-refractivity contribution in [1.82, 2.24) is 9.55 Å². The number of nitrogens with zero attached hydrogens (tertiary/aromatic N) is 1. The Morgan fingerprint density at radius 2 is 2.26 bits per heavy atom. The molecule has 0 aliphatic heterocycles. The Kier molecular flexibility index (Phi) is 4.01. The van der Waals surface area contributed by atoms with Gasteiger partial charge in [-0.1, -0.05) is 12.2 Å². The molecular formula is C16H16N2O5. The summed E-state index contributed by atoms with van der Waals surface area (Å²) in [5.41, 5.74) is 0.0600. The van der Waals surface area contributed by atoms with E-state index in [1.54, 1.807) is 6.07 Å². The number of aromatic amines is 1. The van der Waals surface area contributed by atoms with Crippen LogP contribution in [0.4, 0.5) is 0 Å². The first-order valence-electron chi connectivity index (χ1n) is 7.24. The highest BCUT2D eigenvalue weighted by Gasteiger charge is 2.23. The van der Waals surface area contributed by atoms with Gasteiger partial charge in [-0.15, -0.1) is 0 Å². The molecule has 0 spiro atoms. The van der Waals surface area contributed by atoms with E-state index in [0.717, 1.165) is 0 Å². The standard InChI is InChI=1S/C16H16N2O5/c1-10(19)23-8-11-2-3-13(6-11)18-7-14(12-4-5-22-9-12)15(20)17-16(18)21/h2-5,7,9,11,13H,6,8H2,1H3,(H,17,20,21)/t11-,13+/m1/s1. The molecule has 7 heteroatoms. The number of aromatic nitrogens is 2. The minimum atomic E-state index is -0.468. The van der Waals surface area contributed by atoms with Crippen LogP contribution in [-0.4, -0.2) is 22.1 Å². The number of carbonyl (C=O) groups is 1. The second-order valence-electron chi connectivity index (χ2n) is 5.47. The number of hydrogen-bond donors (Lipinski definition) is 1. The molecule has 0 amide bonds. The second kappa shape index (κ2) is 6.12. The Hall–Kier alpha value is -2.83. The minimum absolute atomic E-state index is 0.0557. The zero-order chi connectivity index (χ0) is 16.4. The van der Waals surface area contributed by atoms with Gasteiger partial charge < -0.3 is 9.15 Å². The number of rotatable bonds is 4. The number of hydrogen-bond acceptors (Lipinski definition) is 5. The molecule has 120 valence electrons. The van der Waals surface area contributed by atoms with Crippen molar-refractivity contribution in [3.63, 3.8) is 0 Å². The SMILES string of the molecule is CC(=O)OC[C@@H]1C=C[C@H](n2cc(-c3ccoc3)c(=O)[nH]c2=O)C1. The summed E-state index contributed by atoms with van der Waals surface area (Å²) in [6, 6.07) is 1.47. The van der Waals surface area contributed by atoms with E-state index in [4.69, 9.17) is 9.15 Å². The molecule has 3 rings (SSSR count). The molecule has 0 fully saturated rings. The maximum atomic E-state index is 12.1. The summed E-state index contributed by atoms with van der Waals surface area (Å²) in [6.45, 7) is 1.65. The van der Waals surface area contributed by atoms with Crippen molar-refractivity contribution in [3.8, 4) is 11.1 Å². The molecule has 2 heterocycles. The molecule has 0 saturated heterocycles. The van der Waals surface area contributed by atoms with Gasteiger partial charge >= 0.3 is 11.7 Å². The maximum Gasteiger partial charge on any atom is 0.328 e. The highest BCUT2D eigenvalue weighted by atomic mass is 16.5. The second-order valence-corrected chi connectivity index (χ2v) is 5.47. The van der Waals surface area contributed by atoms with Crippen LogP contribution in [0.2, 0.25) is 0 Å². The zero-order valence-electron chi connectivity index (χ0n) is 12.5. The molecule has 0 aromatic carbocycles. The van der Waals surface area contributed by atoms with Crippen LogP contribution in [-0.2, 0) is 9.53 Å². The molecule has 23 heavy (non-hydrogen) atoms. The third-order valence-corrected chi connectivity index (χ3v) is 3.81. The predicted octanol–water partition coefficient (Wildman–Crippen LogP) is 1.48. The maximum absolute atomic E-state index is 12.1. The van der Waals surface area contributed by atoms with E-state index < -0.39 is 11.2 Å². The summed E-state index contributed by atoms with van der Waals surface area (Å²) in [4.78, 5) is 37.2. The molecule has 1 aliphatic carbocycles. The fraction of sp³-hybridized carbons (Fsp3) is 0.312. The Morgan fingerprint density at radius 3 is 2.96 bits per heavy atom. The normalized spacial score (nSPS) is 19.9. The number of carbonyl (C=O) groups excluding carboxylic acids is 1. The van der Waals surface area contributed by atoms with E-state index in [-0.39, 0.29) is 24.5 Å². The molecule has 1 aliphatic rings. The summed E-state index contributed by atoms with van der Waals surface area (Å²) < 4.78 is 11.5. The van der Waals surface area contributed by atoms with Crippen molar-refractivity contribution in [3.05, 3.63) is 57.8 Å². The van der Waals surface area contributed by atoms with Gasteiger partial charge in [0.25, 0.3) is 5.56 Å². The fourth-order valence-corrected chi connectivity index (χ4v) is 2.66. The molecule has 0 unspecified atom stereocenters. The van der Waals surface area contributed by atoms with Crippen LogP contribution < -0.4 is 11.2 Å². The lowest BCUT2D eigenvalue weighted by Gasteiger charge is -2.15. The van der Waals surface area contributed by atoms with Crippen LogP contribution in [0.15, 0.2) is 50.9 Å². The quantitative estimate of drug-likeness (QED) is 0.681. The molecule has 0 bridgehead atoms. The smallest absolute Gasteiger partial charge is 0.328 e. The van der Waals surface area contributed by atoms with Crippen LogP contribution in [0.5, 0.6) is 0 Å². The summed E-state index contributed by atoms with van der Waals surface area (Å²) in [7, 11) is 0. The number of esters is 1. The predicted molar refractivity (Wildman–Crippen MR) is 81.9 cm³/mol. The van der Waals surface area contributed by atoms with Gasteiger partial charge in [0, 0.05) is 24.6 Å². The molecule has 0 radical (unpaired) electrons. The van der Waals surface area contributed by atoms with Gasteiger partial charge in [0.1, 0.15) is 0 Å². The highest BCUT2D eigenvalue weighted by molar-refractivity contribution is 5.65. The Balaban J connectivity index is 1.85. The van der Waals surface area contributed by atoms with Crippen LogP contribution >= 0.6 is 0 Å². The van der Waals surface area contributed by atoms with Gasteiger partial charge in [-0.25, -0.2) is 4.79 Å². The molecule has 2 aromatic heterocycles. The summed E-state index contributed by atoms with van der Waals surface area (Å²) in [5.74, 6) is -0.273. The number of nitrogens with one attached hydrogen (secondary N) is 1. The van der Waals surface area contributed by atoms with Gasteiger partial charge in [-0.05, 0) is 12.5 Å². The van der Waals surface area contributed by atoms with Gasteiger partial charge in [0.15, 0.2) is 0 Å². The largest absolute Gasteiger partial charge is 0.472 e. The van der Waals surface area contributed by atoms with Crippen molar-refractivity contribution in [2.45, 2.75) is 19.4 Å². The molecule has 7 nitrogen and oxygen atoms in total. The first kappa shape index (κ1) is 15.1. The molecule has 1 N–H and O–H groups in total. The number of H-pyrrole nitrogens is 1. The van der Waals surface area contributed by atoms with Crippen LogP contribution in [0.3, 0.4) is 0 Å². The third kappa shape index (κ3) is 3.18. The molecule has 2 atom stereocenters. The van der Waals surface area contributed by atoms with Gasteiger partial charge in [0.2, 0.25) is 0 Å². The van der Waals surface area contributed by atoms with Crippen molar-refractivity contribution in [2.75, 3.05) is 6.61 Å². The first-order valence-corrected chi connectivity index (χ1v) is 7.24. The van der Waals surface area contributed by atoms with Crippen LogP contribution in [0, 0.1) is 5.92 Å². The Labute approximate surface area is 131 Å². The van der Waals surface area contributed by atoms with Crippen molar-refractivity contribution in [1.29, 1.82) is 0 Å². The van der Waals surface area contributed by atoms with E-state index in [1.807, 2.05) is 12.2 Å². The van der Waals surface area contributed by atoms with E-state index >= 15 is 0 Å². The minimum Gasteiger partial charge on any atom is -0.472 e. The molecular weight excluding hydrogens is 300 g/mol. The Morgan fingerprint density at radius 1 is 1.43 bits per heavy atom. The highest BCUT2D eigenvalue weighted by Crippen LogP contribution is 2.27. The number of allylic oxidation sites excluding steroid dienone is 1. The van der Waals surface area contributed by atoms with E-state index in [9.17, 15) is 14.4 Å². The average molecular weight is 316 g/mol.